The maximum absolute atomic E-state index is 11.2. The number of amides is 1. The van der Waals surface area contributed by atoms with Crippen LogP contribution in [-0.2, 0) is 4.79 Å². The van der Waals surface area contributed by atoms with Gasteiger partial charge in [-0.25, -0.2) is 0 Å². The molecule has 0 heterocycles. The first-order valence-electron chi connectivity index (χ1n) is 3.97. The SMILES string of the molecule is C#CCNC(=O)C(CC)CC. The summed E-state index contributed by atoms with van der Waals surface area (Å²) in [5.41, 5.74) is 0. The van der Waals surface area contributed by atoms with E-state index in [-0.39, 0.29) is 11.8 Å². The zero-order chi connectivity index (χ0) is 8.69. The van der Waals surface area contributed by atoms with Crippen LogP contribution in [0.2, 0.25) is 0 Å². The van der Waals surface area contributed by atoms with Gasteiger partial charge in [0.1, 0.15) is 0 Å². The van der Waals surface area contributed by atoms with Crippen molar-refractivity contribution in [2.45, 2.75) is 26.7 Å². The van der Waals surface area contributed by atoms with E-state index in [0.717, 1.165) is 12.8 Å². The molecule has 0 saturated heterocycles. The van der Waals surface area contributed by atoms with Gasteiger partial charge >= 0.3 is 0 Å². The Balaban J connectivity index is 3.72. The summed E-state index contributed by atoms with van der Waals surface area (Å²) in [5.74, 6) is 2.57. The van der Waals surface area contributed by atoms with Gasteiger partial charge in [-0.1, -0.05) is 19.8 Å². The van der Waals surface area contributed by atoms with Crippen molar-refractivity contribution in [3.05, 3.63) is 0 Å². The predicted molar refractivity (Wildman–Crippen MR) is 45.9 cm³/mol. The molecule has 0 saturated carbocycles. The van der Waals surface area contributed by atoms with E-state index < -0.39 is 0 Å². The van der Waals surface area contributed by atoms with E-state index in [0.29, 0.717) is 6.54 Å². The third-order valence-corrected chi connectivity index (χ3v) is 1.72. The van der Waals surface area contributed by atoms with Crippen LogP contribution in [0.25, 0.3) is 0 Å². The molecule has 0 aromatic heterocycles. The Bertz CT molecular complexity index is 153. The molecule has 0 bridgehead atoms. The summed E-state index contributed by atoms with van der Waals surface area (Å²) in [6, 6.07) is 0. The molecule has 0 aromatic rings. The number of hydrogen-bond acceptors (Lipinski definition) is 1. The Morgan fingerprint density at radius 1 is 1.55 bits per heavy atom. The lowest BCUT2D eigenvalue weighted by Gasteiger charge is -2.10. The van der Waals surface area contributed by atoms with Crippen molar-refractivity contribution in [2.24, 2.45) is 5.92 Å². The van der Waals surface area contributed by atoms with E-state index in [1.54, 1.807) is 0 Å². The smallest absolute Gasteiger partial charge is 0.223 e. The Morgan fingerprint density at radius 3 is 2.45 bits per heavy atom. The topological polar surface area (TPSA) is 29.1 Å². The third-order valence-electron chi connectivity index (χ3n) is 1.72. The zero-order valence-corrected chi connectivity index (χ0v) is 7.18. The summed E-state index contributed by atoms with van der Waals surface area (Å²) in [6.45, 7) is 4.35. The third kappa shape index (κ3) is 3.67. The maximum Gasteiger partial charge on any atom is 0.223 e. The maximum atomic E-state index is 11.2. The van der Waals surface area contributed by atoms with Crippen molar-refractivity contribution in [3.8, 4) is 12.3 Å². The minimum absolute atomic E-state index is 0.0768. The van der Waals surface area contributed by atoms with Gasteiger partial charge in [-0.15, -0.1) is 6.42 Å². The average molecular weight is 153 g/mol. The second kappa shape index (κ2) is 5.79. The van der Waals surface area contributed by atoms with E-state index in [2.05, 4.69) is 11.2 Å². The van der Waals surface area contributed by atoms with Crippen LogP contribution in [0.15, 0.2) is 0 Å². The standard InChI is InChI=1S/C9H15NO/c1-4-7-10-9(11)8(5-2)6-3/h1,8H,5-7H2,2-3H3,(H,10,11). The zero-order valence-electron chi connectivity index (χ0n) is 7.18. The fourth-order valence-electron chi connectivity index (χ4n) is 0.942. The molecule has 0 fully saturated rings. The molecule has 11 heavy (non-hydrogen) atoms. The number of terminal acetylenes is 1. The number of rotatable bonds is 4. The average Bonchev–Trinajstić information content (AvgIpc) is 2.03. The lowest BCUT2D eigenvalue weighted by Crippen LogP contribution is -2.30. The molecule has 1 amide bonds. The number of hydrogen-bond donors (Lipinski definition) is 1. The van der Waals surface area contributed by atoms with Gasteiger partial charge in [0.05, 0.1) is 6.54 Å². The van der Waals surface area contributed by atoms with Crippen LogP contribution in [0.4, 0.5) is 0 Å². The number of nitrogens with one attached hydrogen (secondary N) is 1. The second-order valence-corrected chi connectivity index (χ2v) is 2.44. The van der Waals surface area contributed by atoms with E-state index in [1.807, 2.05) is 13.8 Å². The Morgan fingerprint density at radius 2 is 2.09 bits per heavy atom. The molecule has 0 radical (unpaired) electrons. The molecule has 0 rings (SSSR count). The van der Waals surface area contributed by atoms with E-state index in [9.17, 15) is 4.79 Å². The van der Waals surface area contributed by atoms with Crippen molar-refractivity contribution >= 4 is 5.91 Å². The molecule has 0 unspecified atom stereocenters. The fraction of sp³-hybridized carbons (Fsp3) is 0.667. The molecule has 2 nitrogen and oxygen atoms in total. The van der Waals surface area contributed by atoms with Crippen molar-refractivity contribution in [2.75, 3.05) is 6.54 Å². The lowest BCUT2D eigenvalue weighted by molar-refractivity contribution is -0.124. The van der Waals surface area contributed by atoms with Gasteiger partial charge in [-0.3, -0.25) is 4.79 Å². The lowest BCUT2D eigenvalue weighted by atomic mass is 10.0. The molecule has 0 aliphatic heterocycles. The first-order valence-corrected chi connectivity index (χ1v) is 3.97. The van der Waals surface area contributed by atoms with Gasteiger partial charge in [-0.05, 0) is 12.8 Å². The highest BCUT2D eigenvalue weighted by molar-refractivity contribution is 5.78. The molecular formula is C9H15NO. The summed E-state index contributed by atoms with van der Waals surface area (Å²) in [6.07, 6.45) is 6.76. The molecule has 1 N–H and O–H groups in total. The largest absolute Gasteiger partial charge is 0.345 e. The monoisotopic (exact) mass is 153 g/mol. The molecule has 0 atom stereocenters. The first-order chi connectivity index (χ1) is 5.26. The Kier molecular flexibility index (Phi) is 5.28. The summed E-state index contributed by atoms with van der Waals surface area (Å²) in [7, 11) is 0. The van der Waals surface area contributed by atoms with Crippen LogP contribution in [0.1, 0.15) is 26.7 Å². The van der Waals surface area contributed by atoms with Crippen molar-refractivity contribution in [1.29, 1.82) is 0 Å². The van der Waals surface area contributed by atoms with Gasteiger partial charge < -0.3 is 5.32 Å². The van der Waals surface area contributed by atoms with Crippen LogP contribution in [0.5, 0.6) is 0 Å². The molecule has 0 aromatic carbocycles. The number of carbonyl (C=O) groups excluding carboxylic acids is 1. The van der Waals surface area contributed by atoms with Crippen LogP contribution < -0.4 is 5.32 Å². The summed E-state index contributed by atoms with van der Waals surface area (Å²) in [4.78, 5) is 11.2. The fourth-order valence-corrected chi connectivity index (χ4v) is 0.942. The highest BCUT2D eigenvalue weighted by Gasteiger charge is 2.11. The highest BCUT2D eigenvalue weighted by Crippen LogP contribution is 2.06. The highest BCUT2D eigenvalue weighted by atomic mass is 16.1. The van der Waals surface area contributed by atoms with E-state index in [1.165, 1.54) is 0 Å². The van der Waals surface area contributed by atoms with Gasteiger partial charge in [-0.2, -0.15) is 0 Å². The van der Waals surface area contributed by atoms with E-state index in [4.69, 9.17) is 6.42 Å². The Labute approximate surface area is 68.4 Å². The predicted octanol–water partition coefficient (Wildman–Crippen LogP) is 1.17. The second-order valence-electron chi connectivity index (χ2n) is 2.44. The normalized spacial score (nSPS) is 9.27. The molecule has 0 aliphatic rings. The minimum atomic E-state index is 0.0768. The van der Waals surface area contributed by atoms with Gasteiger partial charge in [0.25, 0.3) is 0 Å². The van der Waals surface area contributed by atoms with Crippen LogP contribution in [-0.4, -0.2) is 12.5 Å². The van der Waals surface area contributed by atoms with Crippen molar-refractivity contribution in [1.82, 2.24) is 5.32 Å². The van der Waals surface area contributed by atoms with Crippen LogP contribution >= 0.6 is 0 Å². The molecule has 62 valence electrons. The summed E-state index contributed by atoms with van der Waals surface area (Å²) in [5, 5.41) is 2.66. The summed E-state index contributed by atoms with van der Waals surface area (Å²) >= 11 is 0. The van der Waals surface area contributed by atoms with Crippen LogP contribution in [0.3, 0.4) is 0 Å². The minimum Gasteiger partial charge on any atom is -0.345 e. The van der Waals surface area contributed by atoms with Gasteiger partial charge in [0.15, 0.2) is 0 Å². The molecule has 0 spiro atoms. The summed E-state index contributed by atoms with van der Waals surface area (Å²) < 4.78 is 0. The molecular weight excluding hydrogens is 138 g/mol. The van der Waals surface area contributed by atoms with Gasteiger partial charge in [0, 0.05) is 5.92 Å². The number of carbonyl (C=O) groups is 1. The van der Waals surface area contributed by atoms with Crippen LogP contribution in [0, 0.1) is 18.3 Å². The molecule has 0 aliphatic carbocycles. The van der Waals surface area contributed by atoms with E-state index >= 15 is 0 Å². The molecule has 2 heteroatoms. The van der Waals surface area contributed by atoms with Crippen molar-refractivity contribution in [3.63, 3.8) is 0 Å². The van der Waals surface area contributed by atoms with Crippen molar-refractivity contribution < 1.29 is 4.79 Å². The Hall–Kier alpha value is -0.970. The quantitative estimate of drug-likeness (QED) is 0.603. The van der Waals surface area contributed by atoms with Gasteiger partial charge in [0.2, 0.25) is 5.91 Å². The first kappa shape index (κ1) is 10.0.